The van der Waals surface area contributed by atoms with Crippen molar-refractivity contribution >= 4 is 11.0 Å². The molecule has 0 aliphatic heterocycles. The van der Waals surface area contributed by atoms with Crippen molar-refractivity contribution in [1.82, 2.24) is 9.97 Å². The van der Waals surface area contributed by atoms with Crippen molar-refractivity contribution in [3.63, 3.8) is 0 Å². The number of H-pyrrole nitrogens is 1. The zero-order valence-electron chi connectivity index (χ0n) is 5.66. The molecule has 3 heteroatoms. The van der Waals surface area contributed by atoms with Gasteiger partial charge in [-0.05, 0) is 18.2 Å². The lowest BCUT2D eigenvalue weighted by Gasteiger charge is -1.91. The van der Waals surface area contributed by atoms with Crippen molar-refractivity contribution in [3.8, 4) is 0 Å². The van der Waals surface area contributed by atoms with Crippen LogP contribution >= 0.6 is 0 Å². The van der Waals surface area contributed by atoms with E-state index in [1.807, 2.05) is 0 Å². The Morgan fingerprint density at radius 3 is 3.36 bits per heavy atom. The highest BCUT2D eigenvalue weighted by Gasteiger charge is 1.91. The minimum Gasteiger partial charge on any atom is -0.319 e. The first-order valence-electron chi connectivity index (χ1n) is 3.21. The lowest BCUT2D eigenvalue weighted by molar-refractivity contribution is 1.22. The Kier molecular flexibility index (Phi) is 1.22. The van der Waals surface area contributed by atoms with Gasteiger partial charge in [-0.2, -0.15) is 0 Å². The lowest BCUT2D eigenvalue weighted by atomic mass is 10.3. The Bertz CT molecular complexity index is 433. The predicted octanol–water partition coefficient (Wildman–Crippen LogP) is 0.723. The molecule has 0 bridgehead atoms. The number of hydrogen-bond donors (Lipinski definition) is 1. The summed E-state index contributed by atoms with van der Waals surface area (Å²) in [7, 11) is 0. The van der Waals surface area contributed by atoms with Crippen molar-refractivity contribution in [3.05, 3.63) is 40.8 Å². The van der Waals surface area contributed by atoms with Gasteiger partial charge in [0, 0.05) is 0 Å². The number of rotatable bonds is 0. The van der Waals surface area contributed by atoms with Crippen molar-refractivity contribution in [2.24, 2.45) is 0 Å². The van der Waals surface area contributed by atoms with Crippen LogP contribution in [0.4, 0.5) is 0 Å². The van der Waals surface area contributed by atoms with Crippen LogP contribution in [0.3, 0.4) is 0 Å². The van der Waals surface area contributed by atoms with Gasteiger partial charge in [0.25, 0.3) is 5.56 Å². The summed E-state index contributed by atoms with van der Waals surface area (Å²) in [5, 5.41) is 0. The molecule has 53 valence electrons. The molecular formula is C8H5N2O. The van der Waals surface area contributed by atoms with Gasteiger partial charge in [-0.15, -0.1) is 0 Å². The highest BCUT2D eigenvalue weighted by atomic mass is 16.1. The molecule has 2 rings (SSSR count). The summed E-state index contributed by atoms with van der Waals surface area (Å²) in [6, 6.07) is 8.10. The van der Waals surface area contributed by atoms with Crippen LogP contribution in [-0.2, 0) is 0 Å². The van der Waals surface area contributed by atoms with Crippen LogP contribution in [0, 0.1) is 6.07 Å². The molecule has 0 fully saturated rings. The van der Waals surface area contributed by atoms with Crippen molar-refractivity contribution in [2.45, 2.75) is 0 Å². The number of fused-ring (bicyclic) bond motifs is 1. The van der Waals surface area contributed by atoms with Crippen molar-refractivity contribution in [1.29, 1.82) is 0 Å². The van der Waals surface area contributed by atoms with Gasteiger partial charge in [-0.25, -0.2) is 4.98 Å². The largest absolute Gasteiger partial charge is 0.319 e. The second-order valence-corrected chi connectivity index (χ2v) is 2.19. The molecule has 11 heavy (non-hydrogen) atoms. The molecule has 0 atom stereocenters. The van der Waals surface area contributed by atoms with Crippen LogP contribution in [-0.4, -0.2) is 9.97 Å². The van der Waals surface area contributed by atoms with E-state index in [2.05, 4.69) is 16.0 Å². The van der Waals surface area contributed by atoms with Crippen LogP contribution in [0.25, 0.3) is 11.0 Å². The van der Waals surface area contributed by atoms with E-state index >= 15 is 0 Å². The summed E-state index contributed by atoms with van der Waals surface area (Å²) in [5.41, 5.74) is 1.33. The molecule has 0 aliphatic carbocycles. The fourth-order valence-corrected chi connectivity index (χ4v) is 0.927. The fraction of sp³-hybridized carbons (Fsp3) is 0. The summed E-state index contributed by atoms with van der Waals surface area (Å²) >= 11 is 0. The van der Waals surface area contributed by atoms with Crippen LogP contribution in [0.15, 0.2) is 29.2 Å². The monoisotopic (exact) mass is 145 g/mol. The van der Waals surface area contributed by atoms with Crippen LogP contribution < -0.4 is 5.56 Å². The van der Waals surface area contributed by atoms with Crippen LogP contribution in [0.2, 0.25) is 0 Å². The van der Waals surface area contributed by atoms with E-state index in [-0.39, 0.29) is 5.56 Å². The van der Waals surface area contributed by atoms with Crippen LogP contribution in [0.1, 0.15) is 0 Å². The maximum absolute atomic E-state index is 10.8. The second kappa shape index (κ2) is 2.20. The minimum absolute atomic E-state index is 0.177. The molecule has 1 radical (unpaired) electrons. The predicted molar refractivity (Wildman–Crippen MR) is 41.2 cm³/mol. The first-order valence-corrected chi connectivity index (χ1v) is 3.21. The van der Waals surface area contributed by atoms with Gasteiger partial charge in [-0.1, -0.05) is 6.07 Å². The zero-order valence-corrected chi connectivity index (χ0v) is 5.66. The SMILES string of the molecule is O=c1cnc2c[c]ccc2[nH]1. The molecule has 0 spiro atoms. The molecule has 0 unspecified atom stereocenters. The van der Waals surface area contributed by atoms with Gasteiger partial charge in [0.15, 0.2) is 0 Å². The second-order valence-electron chi connectivity index (χ2n) is 2.19. The Labute approximate surface area is 62.7 Å². The first kappa shape index (κ1) is 6.09. The summed E-state index contributed by atoms with van der Waals surface area (Å²) in [6.07, 6.45) is 1.26. The van der Waals surface area contributed by atoms with Gasteiger partial charge in [0.1, 0.15) is 0 Å². The van der Waals surface area contributed by atoms with Gasteiger partial charge >= 0.3 is 0 Å². The van der Waals surface area contributed by atoms with Gasteiger partial charge in [0.05, 0.1) is 17.2 Å². The van der Waals surface area contributed by atoms with E-state index in [0.29, 0.717) is 0 Å². The highest BCUT2D eigenvalue weighted by Crippen LogP contribution is 2.02. The van der Waals surface area contributed by atoms with Gasteiger partial charge in [0.2, 0.25) is 0 Å². The molecule has 3 nitrogen and oxygen atoms in total. The van der Waals surface area contributed by atoms with E-state index in [9.17, 15) is 4.79 Å². The smallest absolute Gasteiger partial charge is 0.266 e. The fourth-order valence-electron chi connectivity index (χ4n) is 0.927. The Balaban J connectivity index is 2.94. The maximum atomic E-state index is 10.8. The molecular weight excluding hydrogens is 140 g/mol. The summed E-state index contributed by atoms with van der Waals surface area (Å²) in [5.74, 6) is 0. The molecule has 0 saturated heterocycles. The molecule has 2 aromatic rings. The average Bonchev–Trinajstić information content (AvgIpc) is 2.04. The third-order valence-electron chi connectivity index (χ3n) is 1.42. The summed E-state index contributed by atoms with van der Waals surface area (Å²) < 4.78 is 0. The van der Waals surface area contributed by atoms with Gasteiger partial charge in [-0.3, -0.25) is 4.79 Å². The number of benzene rings is 1. The third-order valence-corrected chi connectivity index (χ3v) is 1.42. The number of hydrogen-bond acceptors (Lipinski definition) is 2. The molecule has 1 N–H and O–H groups in total. The number of aromatic amines is 1. The number of aromatic nitrogens is 2. The quantitative estimate of drug-likeness (QED) is 0.593. The standard InChI is InChI=1S/C8H5N2O/c11-8-5-9-6-3-1-2-4-7(6)10-8/h2-5H,(H,10,11). The highest BCUT2D eigenvalue weighted by molar-refractivity contribution is 5.72. The topological polar surface area (TPSA) is 45.8 Å². The molecule has 0 aliphatic rings. The Morgan fingerprint density at radius 2 is 2.45 bits per heavy atom. The molecule has 0 amide bonds. The molecule has 1 heterocycles. The van der Waals surface area contributed by atoms with E-state index < -0.39 is 0 Å². The average molecular weight is 145 g/mol. The molecule has 1 aromatic heterocycles. The third kappa shape index (κ3) is 1.00. The number of nitrogens with zero attached hydrogens (tertiary/aromatic N) is 1. The van der Waals surface area contributed by atoms with E-state index in [1.165, 1.54) is 6.20 Å². The summed E-state index contributed by atoms with van der Waals surface area (Å²) in [4.78, 5) is 17.3. The van der Waals surface area contributed by atoms with E-state index in [4.69, 9.17) is 0 Å². The van der Waals surface area contributed by atoms with Crippen molar-refractivity contribution < 1.29 is 0 Å². The Morgan fingerprint density at radius 1 is 1.55 bits per heavy atom. The molecule has 0 saturated carbocycles. The van der Waals surface area contributed by atoms with E-state index in [0.717, 1.165) is 11.0 Å². The lowest BCUT2D eigenvalue weighted by Crippen LogP contribution is -2.04. The van der Waals surface area contributed by atoms with Crippen LogP contribution in [0.5, 0.6) is 0 Å². The van der Waals surface area contributed by atoms with Gasteiger partial charge < -0.3 is 4.98 Å². The summed E-state index contributed by atoms with van der Waals surface area (Å²) in [6.45, 7) is 0. The first-order chi connectivity index (χ1) is 5.36. The number of nitrogens with one attached hydrogen (secondary N) is 1. The Hall–Kier alpha value is -1.64. The normalized spacial score (nSPS) is 10.2. The van der Waals surface area contributed by atoms with Crippen molar-refractivity contribution in [2.75, 3.05) is 0 Å². The molecule has 1 aromatic carbocycles. The van der Waals surface area contributed by atoms with E-state index in [1.54, 1.807) is 18.2 Å². The minimum atomic E-state index is -0.177. The maximum Gasteiger partial charge on any atom is 0.266 e. The zero-order chi connectivity index (χ0) is 7.68.